The largest absolute Gasteiger partial charge is 0.382 e. The summed E-state index contributed by atoms with van der Waals surface area (Å²) in [4.78, 5) is 18.7. The Labute approximate surface area is 234 Å². The molecule has 0 aliphatic rings. The molecule has 0 bridgehead atoms. The van der Waals surface area contributed by atoms with Crippen LogP contribution >= 0.6 is 0 Å². The number of hydrogen-bond acceptors (Lipinski definition) is 8. The van der Waals surface area contributed by atoms with Crippen LogP contribution in [0.2, 0.25) is 0 Å². The van der Waals surface area contributed by atoms with E-state index in [0.717, 1.165) is 12.1 Å². The maximum Gasteiger partial charge on any atom is 0.220 e. The molecule has 0 saturated heterocycles. The van der Waals surface area contributed by atoms with Crippen LogP contribution in [0.3, 0.4) is 0 Å². The molecule has 10 nitrogen and oxygen atoms in total. The van der Waals surface area contributed by atoms with Crippen molar-refractivity contribution in [3.63, 3.8) is 0 Å². The lowest BCUT2D eigenvalue weighted by atomic mass is 9.92. The number of aryl methyl sites for hydroxylation is 1. The molecule has 0 saturated carbocycles. The average molecular weight is 564 g/mol. The summed E-state index contributed by atoms with van der Waals surface area (Å²) >= 11 is 0. The molecule has 3 N–H and O–H groups in total. The van der Waals surface area contributed by atoms with Crippen LogP contribution in [-0.2, 0) is 18.7 Å². The smallest absolute Gasteiger partial charge is 0.220 e. The maximum absolute atomic E-state index is 14.8. The molecular weight excluding hydrogens is 535 g/mol. The lowest BCUT2D eigenvalue weighted by molar-refractivity contribution is -0.0161. The highest BCUT2D eigenvalue weighted by Crippen LogP contribution is 2.31. The van der Waals surface area contributed by atoms with E-state index in [1.54, 1.807) is 37.8 Å². The zero-order valence-corrected chi connectivity index (χ0v) is 22.2. The lowest BCUT2D eigenvalue weighted by Gasteiger charge is -2.33. The van der Waals surface area contributed by atoms with Crippen molar-refractivity contribution >= 4 is 5.95 Å². The first-order chi connectivity index (χ1) is 19.7. The number of anilines is 1. The molecule has 0 amide bonds. The van der Waals surface area contributed by atoms with Crippen LogP contribution in [0.5, 0.6) is 0 Å². The number of nitrogens with zero attached hydrogens (tertiary/aromatic N) is 8. The normalized spacial score (nSPS) is 13.0. The van der Waals surface area contributed by atoms with Crippen LogP contribution in [0.4, 0.5) is 19.1 Å². The Morgan fingerprint density at radius 3 is 2.49 bits per heavy atom. The van der Waals surface area contributed by atoms with E-state index in [1.807, 2.05) is 9.47 Å². The highest BCUT2D eigenvalue weighted by molar-refractivity contribution is 5.77. The van der Waals surface area contributed by atoms with Gasteiger partial charge in [0, 0.05) is 36.5 Å². The van der Waals surface area contributed by atoms with E-state index in [-0.39, 0.29) is 30.4 Å². The first kappa shape index (κ1) is 27.9. The zero-order chi connectivity index (χ0) is 29.0. The molecule has 0 spiro atoms. The van der Waals surface area contributed by atoms with Gasteiger partial charge in [-0.1, -0.05) is 6.07 Å². The summed E-state index contributed by atoms with van der Waals surface area (Å²) in [6.45, 7) is 0.985. The number of halogens is 3. The van der Waals surface area contributed by atoms with Crippen LogP contribution in [0.1, 0.15) is 12.0 Å². The fraction of sp³-hybridized carbons (Fsp3) is 0.250. The number of aliphatic hydroxyl groups is 1. The molecule has 1 atom stereocenters. The first-order valence-corrected chi connectivity index (χ1v) is 12.8. The quantitative estimate of drug-likeness (QED) is 0.250. The van der Waals surface area contributed by atoms with Gasteiger partial charge in [0.15, 0.2) is 0 Å². The van der Waals surface area contributed by atoms with Crippen molar-refractivity contribution in [1.82, 2.24) is 39.2 Å². The number of hydrogen-bond donors (Lipinski definition) is 2. The Hall–Kier alpha value is -4.62. The average Bonchev–Trinajstić information content (AvgIpc) is 3.59. The standard InChI is InChI=1S/C28H28F3N9O/c1-38(14-28(41,15-40-17-33-16-36-40)22-8-7-21(30)13-23(22)31)11-2-12-39-18-35-25(19-3-5-20(29)6-4-19)26(39)24-9-10-34-27(32)37-24/h3-10,13,16-18,41H,2,11-12,14-15H2,1H3,(H2,32,34,37)/t28-/m0/s1. The molecule has 0 unspecified atom stereocenters. The predicted octanol–water partition coefficient (Wildman–Crippen LogP) is 3.51. The predicted molar refractivity (Wildman–Crippen MR) is 145 cm³/mol. The molecule has 3 heterocycles. The van der Waals surface area contributed by atoms with Crippen molar-refractivity contribution < 1.29 is 18.3 Å². The molecule has 13 heteroatoms. The van der Waals surface area contributed by atoms with Crippen molar-refractivity contribution in [2.24, 2.45) is 0 Å². The van der Waals surface area contributed by atoms with Gasteiger partial charge in [-0.15, -0.1) is 0 Å². The van der Waals surface area contributed by atoms with Crippen molar-refractivity contribution in [2.45, 2.75) is 25.1 Å². The Kier molecular flexibility index (Phi) is 8.08. The molecule has 0 aliphatic carbocycles. The molecule has 5 aromatic rings. The van der Waals surface area contributed by atoms with E-state index in [9.17, 15) is 18.3 Å². The molecule has 0 radical (unpaired) electrons. The number of likely N-dealkylation sites (N-methyl/N-ethyl adjacent to an activating group) is 1. The van der Waals surface area contributed by atoms with Gasteiger partial charge in [0.1, 0.15) is 35.7 Å². The Morgan fingerprint density at radius 1 is 1.00 bits per heavy atom. The van der Waals surface area contributed by atoms with Gasteiger partial charge in [0.25, 0.3) is 0 Å². The van der Waals surface area contributed by atoms with Crippen molar-refractivity contribution in [1.29, 1.82) is 0 Å². The fourth-order valence-corrected chi connectivity index (χ4v) is 4.85. The Balaban J connectivity index is 1.34. The zero-order valence-electron chi connectivity index (χ0n) is 22.2. The van der Waals surface area contributed by atoms with E-state index >= 15 is 0 Å². The maximum atomic E-state index is 14.8. The summed E-state index contributed by atoms with van der Waals surface area (Å²) in [7, 11) is 1.80. The molecule has 0 aliphatic heterocycles. The Morgan fingerprint density at radius 2 is 1.78 bits per heavy atom. The van der Waals surface area contributed by atoms with Crippen LogP contribution in [0, 0.1) is 17.5 Å². The second kappa shape index (κ2) is 11.9. The summed E-state index contributed by atoms with van der Waals surface area (Å²) < 4.78 is 45.3. The number of imidazole rings is 1. The highest BCUT2D eigenvalue weighted by Gasteiger charge is 2.34. The van der Waals surface area contributed by atoms with Crippen molar-refractivity contribution in [3.8, 4) is 22.6 Å². The molecular formula is C28H28F3N9O. The number of rotatable bonds is 11. The third-order valence-corrected chi connectivity index (χ3v) is 6.67. The minimum Gasteiger partial charge on any atom is -0.382 e. The van der Waals surface area contributed by atoms with Crippen LogP contribution in [0.25, 0.3) is 22.6 Å². The second-order valence-corrected chi connectivity index (χ2v) is 9.78. The Bertz CT molecular complexity index is 1610. The number of benzene rings is 2. The molecule has 41 heavy (non-hydrogen) atoms. The topological polar surface area (TPSA) is 124 Å². The van der Waals surface area contributed by atoms with Gasteiger partial charge in [-0.3, -0.25) is 0 Å². The molecule has 5 rings (SSSR count). The lowest BCUT2D eigenvalue weighted by Crippen LogP contribution is -2.43. The van der Waals surface area contributed by atoms with Crippen LogP contribution in [-0.4, -0.2) is 64.4 Å². The third-order valence-electron chi connectivity index (χ3n) is 6.67. The summed E-state index contributed by atoms with van der Waals surface area (Å²) in [6, 6.07) is 10.9. The summed E-state index contributed by atoms with van der Waals surface area (Å²) in [5.41, 5.74) is 6.69. The van der Waals surface area contributed by atoms with Gasteiger partial charge in [-0.25, -0.2) is 37.8 Å². The van der Waals surface area contributed by atoms with Gasteiger partial charge >= 0.3 is 0 Å². The molecule has 2 aromatic carbocycles. The van der Waals surface area contributed by atoms with E-state index in [2.05, 4.69) is 25.0 Å². The first-order valence-electron chi connectivity index (χ1n) is 12.8. The van der Waals surface area contributed by atoms with Gasteiger partial charge in [-0.05, 0) is 56.4 Å². The van der Waals surface area contributed by atoms with Gasteiger partial charge < -0.3 is 20.3 Å². The van der Waals surface area contributed by atoms with E-state index < -0.39 is 17.2 Å². The molecule has 212 valence electrons. The summed E-state index contributed by atoms with van der Waals surface area (Å²) in [6.07, 6.45) is 6.60. The monoisotopic (exact) mass is 563 g/mol. The van der Waals surface area contributed by atoms with Crippen molar-refractivity contribution in [2.75, 3.05) is 25.9 Å². The number of nitrogen functional groups attached to an aromatic ring is 1. The minimum absolute atomic E-state index is 0.0372. The molecule has 0 fully saturated rings. The SMILES string of the molecule is CN(CCCn1cnc(-c2ccc(F)cc2)c1-c1ccnc(N)n1)C[C@](O)(Cn1cncn1)c1ccc(F)cc1F. The van der Waals surface area contributed by atoms with Crippen LogP contribution < -0.4 is 5.73 Å². The van der Waals surface area contributed by atoms with Gasteiger partial charge in [0.05, 0.1) is 30.0 Å². The van der Waals surface area contributed by atoms with E-state index in [0.29, 0.717) is 42.2 Å². The number of aromatic nitrogens is 7. The third kappa shape index (κ3) is 6.42. The van der Waals surface area contributed by atoms with Gasteiger partial charge in [-0.2, -0.15) is 5.10 Å². The minimum atomic E-state index is -1.71. The van der Waals surface area contributed by atoms with E-state index in [4.69, 9.17) is 5.73 Å². The van der Waals surface area contributed by atoms with Crippen LogP contribution in [0.15, 0.2) is 73.7 Å². The molecule has 3 aromatic heterocycles. The van der Waals surface area contributed by atoms with Gasteiger partial charge in [0.2, 0.25) is 5.95 Å². The summed E-state index contributed by atoms with van der Waals surface area (Å²) in [5, 5.41) is 15.7. The fourth-order valence-electron chi connectivity index (χ4n) is 4.85. The summed E-state index contributed by atoms with van der Waals surface area (Å²) in [5.74, 6) is -1.82. The highest BCUT2D eigenvalue weighted by atomic mass is 19.1. The van der Waals surface area contributed by atoms with E-state index in [1.165, 1.54) is 35.5 Å². The number of nitrogens with two attached hydrogens (primary N) is 1. The van der Waals surface area contributed by atoms with Crippen molar-refractivity contribution in [3.05, 3.63) is 96.7 Å². The second-order valence-electron chi connectivity index (χ2n) is 9.78.